The van der Waals surface area contributed by atoms with Crippen LogP contribution in [-0.4, -0.2) is 30.2 Å². The Morgan fingerprint density at radius 1 is 1.41 bits per heavy atom. The van der Waals surface area contributed by atoms with Crippen LogP contribution < -0.4 is 10.1 Å². The Bertz CT molecular complexity index is 368. The Labute approximate surface area is 106 Å². The van der Waals surface area contributed by atoms with Crippen molar-refractivity contribution in [3.05, 3.63) is 24.3 Å². The number of benzene rings is 1. The van der Waals surface area contributed by atoms with Crippen molar-refractivity contribution in [2.24, 2.45) is 0 Å². The fourth-order valence-electron chi connectivity index (χ4n) is 1.58. The van der Waals surface area contributed by atoms with Crippen molar-refractivity contribution >= 4 is 10.8 Å². The molecular weight excluding hydrogens is 234 g/mol. The molecule has 0 fully saturated rings. The molecule has 1 rings (SSSR count). The van der Waals surface area contributed by atoms with Crippen molar-refractivity contribution in [1.82, 2.24) is 5.32 Å². The molecule has 0 spiro atoms. The summed E-state index contributed by atoms with van der Waals surface area (Å²) in [5.74, 6) is 1.40. The van der Waals surface area contributed by atoms with Gasteiger partial charge in [-0.15, -0.1) is 0 Å². The first-order valence-electron chi connectivity index (χ1n) is 5.87. The van der Waals surface area contributed by atoms with E-state index in [1.54, 1.807) is 7.11 Å². The van der Waals surface area contributed by atoms with Crippen molar-refractivity contribution in [1.29, 1.82) is 0 Å². The SMILES string of the molecule is CNC(C)CCCS(=O)c1ccccc1OC. The van der Waals surface area contributed by atoms with Gasteiger partial charge >= 0.3 is 0 Å². The number of rotatable bonds is 7. The summed E-state index contributed by atoms with van der Waals surface area (Å²) in [5, 5.41) is 3.18. The first-order valence-corrected chi connectivity index (χ1v) is 7.19. The number of hydrogen-bond acceptors (Lipinski definition) is 3. The first-order chi connectivity index (χ1) is 8.19. The van der Waals surface area contributed by atoms with E-state index >= 15 is 0 Å². The van der Waals surface area contributed by atoms with Gasteiger partial charge in [0.1, 0.15) is 5.75 Å². The standard InChI is InChI=1S/C13H21NO2S/c1-11(14-2)7-6-10-17(15)13-9-5-4-8-12(13)16-3/h4-5,8-9,11,14H,6-7,10H2,1-3H3. The lowest BCUT2D eigenvalue weighted by Gasteiger charge is -2.10. The van der Waals surface area contributed by atoms with Gasteiger partial charge in [-0.25, -0.2) is 0 Å². The highest BCUT2D eigenvalue weighted by molar-refractivity contribution is 7.85. The molecule has 0 aromatic heterocycles. The molecule has 17 heavy (non-hydrogen) atoms. The highest BCUT2D eigenvalue weighted by Gasteiger charge is 2.09. The summed E-state index contributed by atoms with van der Waals surface area (Å²) >= 11 is 0. The lowest BCUT2D eigenvalue weighted by Crippen LogP contribution is -2.21. The summed E-state index contributed by atoms with van der Waals surface area (Å²) in [6, 6.07) is 7.98. The Morgan fingerprint density at radius 3 is 2.76 bits per heavy atom. The molecule has 1 aromatic carbocycles. The lowest BCUT2D eigenvalue weighted by molar-refractivity contribution is 0.404. The minimum absolute atomic E-state index is 0.477. The molecule has 96 valence electrons. The Kier molecular flexibility index (Phi) is 6.22. The molecule has 0 radical (unpaired) electrons. The van der Waals surface area contributed by atoms with Crippen LogP contribution in [-0.2, 0) is 10.8 Å². The molecule has 0 saturated heterocycles. The molecule has 2 atom stereocenters. The number of methoxy groups -OCH3 is 1. The van der Waals surface area contributed by atoms with Crippen molar-refractivity contribution in [2.45, 2.75) is 30.7 Å². The summed E-state index contributed by atoms with van der Waals surface area (Å²) in [6.07, 6.45) is 1.99. The van der Waals surface area contributed by atoms with Crippen LogP contribution >= 0.6 is 0 Å². The molecule has 4 heteroatoms. The van der Waals surface area contributed by atoms with Gasteiger partial charge in [0.15, 0.2) is 0 Å². The molecule has 1 aromatic rings. The van der Waals surface area contributed by atoms with E-state index in [1.807, 2.05) is 31.3 Å². The molecule has 0 aliphatic rings. The second-order valence-corrected chi connectivity index (χ2v) is 5.57. The second-order valence-electron chi connectivity index (χ2n) is 4.03. The van der Waals surface area contributed by atoms with E-state index in [9.17, 15) is 4.21 Å². The van der Waals surface area contributed by atoms with Gasteiger partial charge in [0, 0.05) is 11.8 Å². The van der Waals surface area contributed by atoms with Gasteiger partial charge in [-0.05, 0) is 38.9 Å². The van der Waals surface area contributed by atoms with E-state index < -0.39 is 10.8 Å². The van der Waals surface area contributed by atoms with Gasteiger partial charge in [0.2, 0.25) is 0 Å². The predicted molar refractivity (Wildman–Crippen MR) is 72.0 cm³/mol. The monoisotopic (exact) mass is 255 g/mol. The fourth-order valence-corrected chi connectivity index (χ4v) is 2.84. The minimum Gasteiger partial charge on any atom is -0.495 e. The summed E-state index contributed by atoms with van der Waals surface area (Å²) in [5.41, 5.74) is 0. The summed E-state index contributed by atoms with van der Waals surface area (Å²) in [7, 11) is 2.59. The van der Waals surface area contributed by atoms with Gasteiger partial charge in [-0.3, -0.25) is 4.21 Å². The van der Waals surface area contributed by atoms with E-state index in [0.717, 1.165) is 17.7 Å². The molecule has 3 nitrogen and oxygen atoms in total. The van der Waals surface area contributed by atoms with Gasteiger partial charge in [0.05, 0.1) is 22.8 Å². The van der Waals surface area contributed by atoms with E-state index in [-0.39, 0.29) is 0 Å². The zero-order chi connectivity index (χ0) is 12.7. The zero-order valence-electron chi connectivity index (χ0n) is 10.7. The zero-order valence-corrected chi connectivity index (χ0v) is 11.5. The predicted octanol–water partition coefficient (Wildman–Crippen LogP) is 2.19. The van der Waals surface area contributed by atoms with Gasteiger partial charge in [0.25, 0.3) is 0 Å². The summed E-state index contributed by atoms with van der Waals surface area (Å²) < 4.78 is 17.3. The van der Waals surface area contributed by atoms with Crippen LogP contribution in [0.5, 0.6) is 5.75 Å². The molecule has 0 saturated carbocycles. The lowest BCUT2D eigenvalue weighted by atomic mass is 10.2. The second kappa shape index (κ2) is 7.45. The Hall–Kier alpha value is -0.870. The van der Waals surface area contributed by atoms with E-state index in [0.29, 0.717) is 17.5 Å². The van der Waals surface area contributed by atoms with Gasteiger partial charge in [-0.2, -0.15) is 0 Å². The molecule has 2 unspecified atom stereocenters. The quantitative estimate of drug-likeness (QED) is 0.811. The smallest absolute Gasteiger partial charge is 0.134 e. The molecule has 0 amide bonds. The fraction of sp³-hybridized carbons (Fsp3) is 0.538. The van der Waals surface area contributed by atoms with Crippen LogP contribution in [0.2, 0.25) is 0 Å². The first kappa shape index (κ1) is 14.2. The number of ether oxygens (including phenoxy) is 1. The topological polar surface area (TPSA) is 38.3 Å². The van der Waals surface area contributed by atoms with E-state index in [4.69, 9.17) is 4.74 Å². The summed E-state index contributed by atoms with van der Waals surface area (Å²) in [6.45, 7) is 2.13. The van der Waals surface area contributed by atoms with E-state index in [2.05, 4.69) is 12.2 Å². The Balaban J connectivity index is 2.52. The maximum Gasteiger partial charge on any atom is 0.134 e. The third-order valence-electron chi connectivity index (χ3n) is 2.77. The third-order valence-corrected chi connectivity index (χ3v) is 4.26. The molecular formula is C13H21NO2S. The maximum absolute atomic E-state index is 12.1. The number of para-hydroxylation sites is 1. The number of hydrogen-bond donors (Lipinski definition) is 1. The van der Waals surface area contributed by atoms with Crippen LogP contribution in [0.15, 0.2) is 29.2 Å². The van der Waals surface area contributed by atoms with E-state index in [1.165, 1.54) is 0 Å². The average Bonchev–Trinajstić information content (AvgIpc) is 2.38. The van der Waals surface area contributed by atoms with Crippen molar-refractivity contribution in [3.8, 4) is 5.75 Å². The van der Waals surface area contributed by atoms with Gasteiger partial charge in [-0.1, -0.05) is 12.1 Å². The third kappa shape index (κ3) is 4.48. The van der Waals surface area contributed by atoms with Gasteiger partial charge < -0.3 is 10.1 Å². The molecule has 0 aliphatic carbocycles. The molecule has 0 bridgehead atoms. The van der Waals surface area contributed by atoms with Crippen molar-refractivity contribution in [3.63, 3.8) is 0 Å². The van der Waals surface area contributed by atoms with Crippen LogP contribution in [0.4, 0.5) is 0 Å². The van der Waals surface area contributed by atoms with Crippen LogP contribution in [0.25, 0.3) is 0 Å². The highest BCUT2D eigenvalue weighted by Crippen LogP contribution is 2.21. The Morgan fingerprint density at radius 2 is 2.12 bits per heavy atom. The van der Waals surface area contributed by atoms with Crippen molar-refractivity contribution in [2.75, 3.05) is 19.9 Å². The molecule has 1 N–H and O–H groups in total. The van der Waals surface area contributed by atoms with Crippen LogP contribution in [0, 0.1) is 0 Å². The largest absolute Gasteiger partial charge is 0.495 e. The van der Waals surface area contributed by atoms with Crippen LogP contribution in [0.1, 0.15) is 19.8 Å². The highest BCUT2D eigenvalue weighted by atomic mass is 32.2. The maximum atomic E-state index is 12.1. The normalized spacial score (nSPS) is 14.3. The molecule has 0 aliphatic heterocycles. The average molecular weight is 255 g/mol. The number of nitrogens with one attached hydrogen (secondary N) is 1. The summed E-state index contributed by atoms with van der Waals surface area (Å²) in [4.78, 5) is 0.798. The van der Waals surface area contributed by atoms with Crippen LogP contribution in [0.3, 0.4) is 0 Å². The van der Waals surface area contributed by atoms with Crippen molar-refractivity contribution < 1.29 is 8.95 Å². The molecule has 0 heterocycles. The minimum atomic E-state index is -0.966.